The van der Waals surface area contributed by atoms with Gasteiger partial charge in [0.15, 0.2) is 0 Å². The lowest BCUT2D eigenvalue weighted by molar-refractivity contribution is 0.247. The summed E-state index contributed by atoms with van der Waals surface area (Å²) in [4.78, 5) is 2.48. The highest BCUT2D eigenvalue weighted by molar-refractivity contribution is 5.48. The molecular formula is C15H15N. The molecule has 4 unspecified atom stereocenters. The third-order valence-corrected chi connectivity index (χ3v) is 4.36. The Bertz CT molecular complexity index is 472. The van der Waals surface area contributed by atoms with Crippen molar-refractivity contribution in [2.24, 2.45) is 11.8 Å². The van der Waals surface area contributed by atoms with Gasteiger partial charge in [-0.15, -0.1) is 0 Å². The summed E-state index contributed by atoms with van der Waals surface area (Å²) in [7, 11) is 0. The van der Waals surface area contributed by atoms with Gasteiger partial charge in [0.2, 0.25) is 0 Å². The second kappa shape index (κ2) is 2.79. The van der Waals surface area contributed by atoms with Crippen LogP contribution in [0.2, 0.25) is 0 Å². The molecule has 1 nitrogen and oxygen atoms in total. The summed E-state index contributed by atoms with van der Waals surface area (Å²) in [6, 6.07) is 1.10. The zero-order chi connectivity index (χ0) is 10.7. The van der Waals surface area contributed by atoms with Gasteiger partial charge in [-0.3, -0.25) is 0 Å². The van der Waals surface area contributed by atoms with Crippen LogP contribution in [0, 0.1) is 11.8 Å². The van der Waals surface area contributed by atoms with Crippen molar-refractivity contribution in [3.05, 3.63) is 60.4 Å². The Morgan fingerprint density at radius 3 is 3.12 bits per heavy atom. The first-order valence-electron chi connectivity index (χ1n) is 6.05. The number of hydrogen-bond donors (Lipinski definition) is 0. The Morgan fingerprint density at radius 1 is 1.25 bits per heavy atom. The summed E-state index contributed by atoms with van der Waals surface area (Å²) in [6.07, 6.45) is 16.9. The van der Waals surface area contributed by atoms with E-state index in [1.807, 2.05) is 0 Å². The number of hydrogen-bond acceptors (Lipinski definition) is 1. The highest BCUT2D eigenvalue weighted by atomic mass is 15.2. The summed E-state index contributed by atoms with van der Waals surface area (Å²) >= 11 is 0. The van der Waals surface area contributed by atoms with E-state index in [1.165, 1.54) is 12.0 Å². The van der Waals surface area contributed by atoms with E-state index < -0.39 is 0 Å². The molecule has 0 N–H and O–H groups in total. The molecule has 4 atom stereocenters. The van der Waals surface area contributed by atoms with Crippen molar-refractivity contribution in [2.75, 3.05) is 0 Å². The normalized spacial score (nSPS) is 42.4. The van der Waals surface area contributed by atoms with Crippen LogP contribution in [-0.2, 0) is 0 Å². The van der Waals surface area contributed by atoms with Crippen LogP contribution in [0.25, 0.3) is 0 Å². The molecule has 1 heteroatoms. The van der Waals surface area contributed by atoms with Crippen molar-refractivity contribution in [2.45, 2.75) is 18.5 Å². The molecule has 4 aliphatic rings. The fourth-order valence-electron chi connectivity index (χ4n) is 3.57. The summed E-state index contributed by atoms with van der Waals surface area (Å²) in [6.45, 7) is 4.24. The fourth-order valence-corrected chi connectivity index (χ4v) is 3.57. The second-order valence-electron chi connectivity index (χ2n) is 5.10. The molecule has 80 valence electrons. The van der Waals surface area contributed by atoms with E-state index in [9.17, 15) is 0 Å². The average molecular weight is 209 g/mol. The van der Waals surface area contributed by atoms with Crippen LogP contribution in [0.5, 0.6) is 0 Å². The van der Waals surface area contributed by atoms with Gasteiger partial charge in [-0.05, 0) is 29.6 Å². The van der Waals surface area contributed by atoms with E-state index in [-0.39, 0.29) is 0 Å². The third-order valence-electron chi connectivity index (χ3n) is 4.36. The molecule has 0 radical (unpaired) electrons. The molecular weight excluding hydrogens is 194 g/mol. The lowest BCUT2D eigenvalue weighted by atomic mass is 9.79. The topological polar surface area (TPSA) is 3.24 Å². The maximum Gasteiger partial charge on any atom is 0.0696 e. The Kier molecular flexibility index (Phi) is 1.50. The average Bonchev–Trinajstić information content (AvgIpc) is 3.02. The van der Waals surface area contributed by atoms with Gasteiger partial charge in [0.1, 0.15) is 0 Å². The summed E-state index contributed by atoms with van der Waals surface area (Å²) < 4.78 is 0. The van der Waals surface area contributed by atoms with Gasteiger partial charge in [-0.2, -0.15) is 0 Å². The number of allylic oxidation sites excluding steroid dienone is 5. The van der Waals surface area contributed by atoms with E-state index in [2.05, 4.69) is 54.1 Å². The van der Waals surface area contributed by atoms with Gasteiger partial charge in [0, 0.05) is 12.1 Å². The van der Waals surface area contributed by atoms with Crippen LogP contribution < -0.4 is 0 Å². The van der Waals surface area contributed by atoms with Crippen LogP contribution in [0.1, 0.15) is 6.42 Å². The van der Waals surface area contributed by atoms with E-state index >= 15 is 0 Å². The molecule has 16 heavy (non-hydrogen) atoms. The molecule has 2 aliphatic heterocycles. The maximum absolute atomic E-state index is 4.24. The molecule has 0 aromatic carbocycles. The predicted molar refractivity (Wildman–Crippen MR) is 65.7 cm³/mol. The highest BCUT2D eigenvalue weighted by Gasteiger charge is 2.57. The van der Waals surface area contributed by atoms with Crippen LogP contribution in [0.4, 0.5) is 0 Å². The third kappa shape index (κ3) is 0.915. The minimum atomic E-state index is 0.487. The van der Waals surface area contributed by atoms with Gasteiger partial charge in [-0.25, -0.2) is 0 Å². The molecule has 0 amide bonds. The molecule has 0 aromatic rings. The Hall–Kier alpha value is -1.50. The van der Waals surface area contributed by atoms with E-state index in [1.54, 1.807) is 5.57 Å². The maximum atomic E-state index is 4.24. The van der Waals surface area contributed by atoms with Crippen LogP contribution in [0.15, 0.2) is 60.4 Å². The van der Waals surface area contributed by atoms with Crippen molar-refractivity contribution < 1.29 is 0 Å². The van der Waals surface area contributed by atoms with Crippen molar-refractivity contribution in [1.82, 2.24) is 4.90 Å². The first-order chi connectivity index (χ1) is 7.88. The fraction of sp³-hybridized carbons (Fsp3) is 0.333. The Morgan fingerprint density at radius 2 is 2.19 bits per heavy atom. The molecule has 0 bridgehead atoms. The lowest BCUT2D eigenvalue weighted by Crippen LogP contribution is -2.42. The van der Waals surface area contributed by atoms with Gasteiger partial charge in [-0.1, -0.05) is 37.0 Å². The first-order valence-corrected chi connectivity index (χ1v) is 6.05. The standard InChI is InChI=1S/C15H15N/c1-10-14-12-7-3-2-6-11(12)13-8-4-5-9-16(13)15(10)14/h2-6,8-9,12-15H,1,7H2. The van der Waals surface area contributed by atoms with E-state index in [0.29, 0.717) is 18.0 Å². The lowest BCUT2D eigenvalue weighted by Gasteiger charge is -2.40. The van der Waals surface area contributed by atoms with E-state index in [0.717, 1.165) is 5.92 Å². The molecule has 0 spiro atoms. The summed E-state index contributed by atoms with van der Waals surface area (Å²) in [5.74, 6) is 1.43. The first kappa shape index (κ1) is 8.63. The number of rotatable bonds is 0. The highest BCUT2D eigenvalue weighted by Crippen LogP contribution is 2.57. The van der Waals surface area contributed by atoms with Gasteiger partial charge in [0.25, 0.3) is 0 Å². The van der Waals surface area contributed by atoms with E-state index in [4.69, 9.17) is 0 Å². The Labute approximate surface area is 96.1 Å². The SMILES string of the molecule is C=C1C2C3CC=CC=C3C3C=CC=CN3C12. The zero-order valence-corrected chi connectivity index (χ0v) is 9.21. The van der Waals surface area contributed by atoms with Gasteiger partial charge < -0.3 is 4.90 Å². The van der Waals surface area contributed by atoms with Crippen molar-refractivity contribution in [1.29, 1.82) is 0 Å². The minimum Gasteiger partial charge on any atom is -0.360 e. The van der Waals surface area contributed by atoms with Gasteiger partial charge in [0.05, 0.1) is 12.1 Å². The van der Waals surface area contributed by atoms with Crippen molar-refractivity contribution in [3.8, 4) is 0 Å². The van der Waals surface area contributed by atoms with Crippen LogP contribution >= 0.6 is 0 Å². The zero-order valence-electron chi connectivity index (χ0n) is 9.21. The molecule has 1 saturated heterocycles. The summed E-state index contributed by atoms with van der Waals surface area (Å²) in [5, 5.41) is 0. The minimum absolute atomic E-state index is 0.487. The molecule has 2 heterocycles. The number of fused-ring (bicyclic) bond motifs is 6. The molecule has 0 aromatic heterocycles. The van der Waals surface area contributed by atoms with Gasteiger partial charge >= 0.3 is 0 Å². The van der Waals surface area contributed by atoms with Crippen molar-refractivity contribution >= 4 is 0 Å². The van der Waals surface area contributed by atoms with Crippen molar-refractivity contribution in [3.63, 3.8) is 0 Å². The molecule has 1 saturated carbocycles. The quantitative estimate of drug-likeness (QED) is 0.554. The van der Waals surface area contributed by atoms with Crippen LogP contribution in [0.3, 0.4) is 0 Å². The second-order valence-corrected chi connectivity index (χ2v) is 5.10. The number of piperidine rings is 1. The summed E-state index contributed by atoms with van der Waals surface area (Å²) in [5.41, 5.74) is 3.02. The molecule has 2 aliphatic carbocycles. The Balaban J connectivity index is 1.83. The van der Waals surface area contributed by atoms with Crippen LogP contribution in [-0.4, -0.2) is 17.0 Å². The predicted octanol–water partition coefficient (Wildman–Crippen LogP) is 2.81. The number of nitrogens with zero attached hydrogens (tertiary/aromatic N) is 1. The smallest absolute Gasteiger partial charge is 0.0696 e. The molecule has 2 fully saturated rings. The largest absolute Gasteiger partial charge is 0.360 e. The molecule has 4 rings (SSSR count). The monoisotopic (exact) mass is 209 g/mol.